The maximum Gasteiger partial charge on any atom is 0.269 e. The van der Waals surface area contributed by atoms with E-state index < -0.39 is 15.8 Å². The van der Waals surface area contributed by atoms with Crippen LogP contribution in [0.15, 0.2) is 78.2 Å². The van der Waals surface area contributed by atoms with Gasteiger partial charge in [0.2, 0.25) is 0 Å². The number of nitrogens with one attached hydrogen (secondary N) is 2. The SMILES string of the molecule is CCNc1cc(NCc2cc(-c3ccccc3F)n(S(=O)(=O)c3cccnc3)c2)c(C#N)cn1. The molecule has 0 amide bonds. The molecule has 8 nitrogen and oxygen atoms in total. The van der Waals surface area contributed by atoms with Gasteiger partial charge in [-0.3, -0.25) is 4.98 Å². The summed E-state index contributed by atoms with van der Waals surface area (Å²) >= 11 is 0. The molecule has 172 valence electrons. The van der Waals surface area contributed by atoms with Gasteiger partial charge in [-0.05, 0) is 42.8 Å². The molecule has 10 heteroatoms. The van der Waals surface area contributed by atoms with Crippen LogP contribution in [0.2, 0.25) is 0 Å². The van der Waals surface area contributed by atoms with E-state index in [-0.39, 0.29) is 22.7 Å². The number of aromatic nitrogens is 3. The van der Waals surface area contributed by atoms with Crippen LogP contribution < -0.4 is 10.6 Å². The molecule has 4 rings (SSSR count). The zero-order valence-electron chi connectivity index (χ0n) is 18.2. The van der Waals surface area contributed by atoms with Gasteiger partial charge in [0.25, 0.3) is 10.0 Å². The highest BCUT2D eigenvalue weighted by Crippen LogP contribution is 2.29. The Morgan fingerprint density at radius 2 is 1.94 bits per heavy atom. The molecule has 0 aliphatic rings. The fourth-order valence-electron chi connectivity index (χ4n) is 3.44. The fraction of sp³-hybridized carbons (Fsp3) is 0.125. The van der Waals surface area contributed by atoms with Crippen molar-refractivity contribution in [3.8, 4) is 17.3 Å². The fourth-order valence-corrected chi connectivity index (χ4v) is 4.79. The van der Waals surface area contributed by atoms with Crippen molar-refractivity contribution in [2.24, 2.45) is 0 Å². The predicted molar refractivity (Wildman–Crippen MR) is 127 cm³/mol. The van der Waals surface area contributed by atoms with E-state index in [0.717, 1.165) is 3.97 Å². The summed E-state index contributed by atoms with van der Waals surface area (Å²) in [4.78, 5) is 8.07. The van der Waals surface area contributed by atoms with Gasteiger partial charge in [-0.15, -0.1) is 0 Å². The van der Waals surface area contributed by atoms with Gasteiger partial charge in [0.05, 0.1) is 16.9 Å². The van der Waals surface area contributed by atoms with Crippen molar-refractivity contribution in [1.82, 2.24) is 13.9 Å². The number of halogens is 1. The molecule has 0 aliphatic carbocycles. The van der Waals surface area contributed by atoms with E-state index in [2.05, 4.69) is 26.7 Å². The Labute approximate surface area is 196 Å². The lowest BCUT2D eigenvalue weighted by Crippen LogP contribution is -2.14. The Balaban J connectivity index is 1.75. The highest BCUT2D eigenvalue weighted by molar-refractivity contribution is 7.90. The number of anilines is 2. The summed E-state index contributed by atoms with van der Waals surface area (Å²) in [6.07, 6.45) is 5.63. The van der Waals surface area contributed by atoms with Crippen LogP contribution >= 0.6 is 0 Å². The molecule has 0 spiro atoms. The first-order valence-electron chi connectivity index (χ1n) is 10.4. The van der Waals surface area contributed by atoms with Crippen molar-refractivity contribution < 1.29 is 12.8 Å². The molecule has 0 bridgehead atoms. The van der Waals surface area contributed by atoms with Crippen LogP contribution in [0.4, 0.5) is 15.9 Å². The highest BCUT2D eigenvalue weighted by atomic mass is 32.2. The zero-order valence-corrected chi connectivity index (χ0v) is 19.1. The summed E-state index contributed by atoms with van der Waals surface area (Å²) in [6, 6.07) is 14.3. The van der Waals surface area contributed by atoms with Gasteiger partial charge in [-0.25, -0.2) is 21.8 Å². The number of nitriles is 1. The van der Waals surface area contributed by atoms with E-state index in [1.165, 1.54) is 49.1 Å². The number of rotatable bonds is 8. The van der Waals surface area contributed by atoms with E-state index in [0.29, 0.717) is 29.2 Å². The Morgan fingerprint density at radius 1 is 1.12 bits per heavy atom. The van der Waals surface area contributed by atoms with Crippen LogP contribution in [0.3, 0.4) is 0 Å². The summed E-state index contributed by atoms with van der Waals surface area (Å²) < 4.78 is 42.4. The molecule has 0 unspecified atom stereocenters. The van der Waals surface area contributed by atoms with Crippen LogP contribution in [0, 0.1) is 17.1 Å². The molecule has 1 aromatic carbocycles. The summed E-state index contributed by atoms with van der Waals surface area (Å²) in [5, 5.41) is 15.7. The molecule has 3 heterocycles. The van der Waals surface area contributed by atoms with E-state index in [9.17, 15) is 18.1 Å². The van der Waals surface area contributed by atoms with Gasteiger partial charge in [0, 0.05) is 49.5 Å². The lowest BCUT2D eigenvalue weighted by molar-refractivity contribution is 0.587. The highest BCUT2D eigenvalue weighted by Gasteiger charge is 2.23. The quantitative estimate of drug-likeness (QED) is 0.391. The lowest BCUT2D eigenvalue weighted by Gasteiger charge is -2.11. The Kier molecular flexibility index (Phi) is 6.56. The first-order valence-corrected chi connectivity index (χ1v) is 11.9. The van der Waals surface area contributed by atoms with Gasteiger partial charge < -0.3 is 10.6 Å². The third kappa shape index (κ3) is 4.60. The number of nitrogens with zero attached hydrogens (tertiary/aromatic N) is 4. The third-order valence-electron chi connectivity index (χ3n) is 5.05. The van der Waals surface area contributed by atoms with Crippen LogP contribution in [0.25, 0.3) is 11.3 Å². The van der Waals surface area contributed by atoms with Crippen molar-refractivity contribution in [2.45, 2.75) is 18.4 Å². The maximum atomic E-state index is 14.6. The standard InChI is InChI=1S/C24H21FN6O2S/c1-2-28-24-11-22(18(12-26)14-30-24)29-13-17-10-23(20-7-3-4-8-21(20)25)31(16-17)34(32,33)19-6-5-9-27-15-19/h3-11,14-16H,2,13H2,1H3,(H2,28,29,30). The van der Waals surface area contributed by atoms with E-state index in [1.54, 1.807) is 24.3 Å². The van der Waals surface area contributed by atoms with E-state index >= 15 is 0 Å². The first-order chi connectivity index (χ1) is 16.4. The molecule has 34 heavy (non-hydrogen) atoms. The van der Waals surface area contributed by atoms with Crippen molar-refractivity contribution in [1.29, 1.82) is 5.26 Å². The topological polar surface area (TPSA) is 113 Å². The minimum atomic E-state index is -4.04. The average Bonchev–Trinajstić information content (AvgIpc) is 3.29. The van der Waals surface area contributed by atoms with Gasteiger partial charge >= 0.3 is 0 Å². The largest absolute Gasteiger partial charge is 0.380 e. The Bertz CT molecular complexity index is 1460. The Morgan fingerprint density at radius 3 is 2.65 bits per heavy atom. The second kappa shape index (κ2) is 9.72. The van der Waals surface area contributed by atoms with Gasteiger partial charge in [-0.1, -0.05) is 12.1 Å². The predicted octanol–water partition coefficient (Wildman–Crippen LogP) is 4.24. The lowest BCUT2D eigenvalue weighted by atomic mass is 10.1. The van der Waals surface area contributed by atoms with Crippen molar-refractivity contribution in [3.63, 3.8) is 0 Å². The maximum absolute atomic E-state index is 14.6. The molecule has 2 N–H and O–H groups in total. The normalized spacial score (nSPS) is 11.1. The van der Waals surface area contributed by atoms with Crippen LogP contribution in [0.1, 0.15) is 18.1 Å². The molecule has 0 atom stereocenters. The summed E-state index contributed by atoms with van der Waals surface area (Å²) in [5.74, 6) is 0.0618. The first kappa shape index (κ1) is 22.9. The van der Waals surface area contributed by atoms with E-state index in [4.69, 9.17) is 0 Å². The third-order valence-corrected chi connectivity index (χ3v) is 6.71. The monoisotopic (exact) mass is 476 g/mol. The summed E-state index contributed by atoms with van der Waals surface area (Å²) in [7, 11) is -4.04. The molecule has 0 saturated heterocycles. The second-order valence-electron chi connectivity index (χ2n) is 7.31. The second-order valence-corrected chi connectivity index (χ2v) is 9.13. The molecule has 0 aliphatic heterocycles. The summed E-state index contributed by atoms with van der Waals surface area (Å²) in [5.41, 5.74) is 1.80. The average molecular weight is 477 g/mol. The Hall–Kier alpha value is -4.23. The molecular weight excluding hydrogens is 455 g/mol. The van der Waals surface area contributed by atoms with Crippen LogP contribution in [-0.4, -0.2) is 28.9 Å². The molecule has 0 saturated carbocycles. The number of hydrogen-bond acceptors (Lipinski definition) is 7. The molecule has 0 radical (unpaired) electrons. The van der Waals surface area contributed by atoms with Crippen molar-refractivity contribution in [2.75, 3.05) is 17.2 Å². The van der Waals surface area contributed by atoms with Crippen molar-refractivity contribution in [3.05, 3.63) is 90.3 Å². The minimum Gasteiger partial charge on any atom is -0.380 e. The number of benzene rings is 1. The smallest absolute Gasteiger partial charge is 0.269 e. The summed E-state index contributed by atoms with van der Waals surface area (Å²) in [6.45, 7) is 2.79. The van der Waals surface area contributed by atoms with Gasteiger partial charge in [-0.2, -0.15) is 5.26 Å². The van der Waals surface area contributed by atoms with E-state index in [1.807, 2.05) is 6.92 Å². The van der Waals surface area contributed by atoms with Crippen LogP contribution in [-0.2, 0) is 16.6 Å². The van der Waals surface area contributed by atoms with Crippen molar-refractivity contribution >= 4 is 21.5 Å². The molecule has 4 aromatic rings. The molecule has 3 aromatic heterocycles. The number of hydrogen-bond donors (Lipinski definition) is 2. The number of pyridine rings is 2. The van der Waals surface area contributed by atoms with Gasteiger partial charge in [0.1, 0.15) is 22.6 Å². The van der Waals surface area contributed by atoms with Gasteiger partial charge in [0.15, 0.2) is 0 Å². The minimum absolute atomic E-state index is 0.0149. The molecular formula is C24H21FN6O2S. The van der Waals surface area contributed by atoms with Crippen LogP contribution in [0.5, 0.6) is 0 Å². The molecule has 0 fully saturated rings. The zero-order chi connectivity index (χ0) is 24.1.